The van der Waals surface area contributed by atoms with Crippen LogP contribution in [0.2, 0.25) is 0 Å². The van der Waals surface area contributed by atoms with E-state index in [0.29, 0.717) is 28.6 Å². The highest BCUT2D eigenvalue weighted by atomic mass is 19.2. The second-order valence-corrected chi connectivity index (χ2v) is 7.99. The predicted octanol–water partition coefficient (Wildman–Crippen LogP) is 5.07. The van der Waals surface area contributed by atoms with E-state index in [9.17, 15) is 8.78 Å². The van der Waals surface area contributed by atoms with Crippen molar-refractivity contribution in [2.45, 2.75) is 19.9 Å². The fraction of sp³-hybridized carbons (Fsp3) is 0.208. The highest BCUT2D eigenvalue weighted by Crippen LogP contribution is 2.31. The van der Waals surface area contributed by atoms with E-state index in [0.717, 1.165) is 41.8 Å². The fourth-order valence-corrected chi connectivity index (χ4v) is 3.86. The van der Waals surface area contributed by atoms with E-state index in [-0.39, 0.29) is 0 Å². The van der Waals surface area contributed by atoms with Gasteiger partial charge in [0.15, 0.2) is 11.6 Å². The van der Waals surface area contributed by atoms with Gasteiger partial charge in [0.1, 0.15) is 5.69 Å². The molecule has 31 heavy (non-hydrogen) atoms. The summed E-state index contributed by atoms with van der Waals surface area (Å²) in [7, 11) is 0. The Kier molecular flexibility index (Phi) is 4.82. The van der Waals surface area contributed by atoms with Crippen LogP contribution >= 0.6 is 0 Å². The number of rotatable bonds is 4. The molecule has 7 heteroatoms. The molecule has 0 amide bonds. The molecule has 0 unspecified atom stereocenters. The summed E-state index contributed by atoms with van der Waals surface area (Å²) in [4.78, 5) is 11.8. The minimum atomic E-state index is -0.910. The highest BCUT2D eigenvalue weighted by molar-refractivity contribution is 5.85. The summed E-state index contributed by atoms with van der Waals surface area (Å²) in [6.45, 7) is 6.22. The summed E-state index contributed by atoms with van der Waals surface area (Å²) in [5.41, 5.74) is 6.28. The van der Waals surface area contributed by atoms with Gasteiger partial charge in [-0.15, -0.1) is 0 Å². The maximum absolute atomic E-state index is 13.7. The Hall–Kier alpha value is -3.45. The van der Waals surface area contributed by atoms with Gasteiger partial charge in [-0.3, -0.25) is 15.0 Å². The summed E-state index contributed by atoms with van der Waals surface area (Å²) in [5.74, 6) is -1.80. The molecule has 0 atom stereocenters. The van der Waals surface area contributed by atoms with Crippen LogP contribution in [0.25, 0.3) is 39.1 Å². The van der Waals surface area contributed by atoms with Gasteiger partial charge in [0.2, 0.25) is 0 Å². The minimum absolute atomic E-state index is 0.480. The van der Waals surface area contributed by atoms with Gasteiger partial charge in [0.05, 0.1) is 16.7 Å². The number of hydrogen-bond acceptors (Lipinski definition) is 4. The normalized spacial score (nSPS) is 14.5. The molecule has 0 saturated carbocycles. The topological polar surface area (TPSA) is 57.7 Å². The van der Waals surface area contributed by atoms with Gasteiger partial charge in [-0.2, -0.15) is 5.10 Å². The molecular formula is C24H21F2N5. The molecule has 0 bridgehead atoms. The lowest BCUT2D eigenvalue weighted by Crippen LogP contribution is -2.28. The fourth-order valence-electron chi connectivity index (χ4n) is 3.86. The van der Waals surface area contributed by atoms with Crippen LogP contribution in [0.5, 0.6) is 0 Å². The van der Waals surface area contributed by atoms with E-state index < -0.39 is 11.6 Å². The maximum Gasteiger partial charge on any atom is 0.159 e. The lowest BCUT2D eigenvalue weighted by Gasteiger charge is -2.20. The zero-order valence-electron chi connectivity index (χ0n) is 17.2. The number of pyridine rings is 2. The average molecular weight is 417 g/mol. The summed E-state index contributed by atoms with van der Waals surface area (Å²) < 4.78 is 27.1. The second kappa shape index (κ2) is 7.67. The van der Waals surface area contributed by atoms with Crippen LogP contribution in [0.3, 0.4) is 0 Å². The molecule has 0 spiro atoms. The number of fused-ring (bicyclic) bond motifs is 1. The van der Waals surface area contributed by atoms with Crippen molar-refractivity contribution in [1.82, 2.24) is 25.1 Å². The van der Waals surface area contributed by atoms with E-state index in [4.69, 9.17) is 4.98 Å². The zero-order valence-corrected chi connectivity index (χ0v) is 17.2. The number of benzene rings is 1. The van der Waals surface area contributed by atoms with Gasteiger partial charge < -0.3 is 0 Å². The first kappa shape index (κ1) is 19.5. The van der Waals surface area contributed by atoms with Gasteiger partial charge in [-0.25, -0.2) is 13.8 Å². The lowest BCUT2D eigenvalue weighted by atomic mass is 10.0. The van der Waals surface area contributed by atoms with Crippen molar-refractivity contribution in [1.29, 1.82) is 0 Å². The number of aromatic amines is 1. The zero-order chi connectivity index (χ0) is 21.5. The van der Waals surface area contributed by atoms with Crippen LogP contribution in [-0.2, 0) is 0 Å². The molecular weight excluding hydrogens is 396 g/mol. The molecule has 4 heterocycles. The van der Waals surface area contributed by atoms with Gasteiger partial charge in [-0.05, 0) is 61.4 Å². The summed E-state index contributed by atoms with van der Waals surface area (Å²) in [6.07, 6.45) is 5.84. The summed E-state index contributed by atoms with van der Waals surface area (Å²) >= 11 is 0. The standard InChI is InChI=1S/C24H21F2N5/c1-14(2)31-8-7-16(13-31)17-10-23-22(27-11-17)6-5-21(29-23)18-12-28-30-24(18)15-3-4-19(25)20(26)9-15/h3-7,9-12,14H,8,13H2,1-2H3,(H,28,30). The Morgan fingerprint density at radius 2 is 1.87 bits per heavy atom. The lowest BCUT2D eigenvalue weighted by molar-refractivity contribution is 0.290. The van der Waals surface area contributed by atoms with Crippen LogP contribution < -0.4 is 0 Å². The van der Waals surface area contributed by atoms with Crippen LogP contribution in [0.15, 0.2) is 54.9 Å². The molecule has 1 aliphatic rings. The van der Waals surface area contributed by atoms with Crippen LogP contribution in [0.1, 0.15) is 19.4 Å². The molecule has 0 radical (unpaired) electrons. The van der Waals surface area contributed by atoms with Crippen molar-refractivity contribution < 1.29 is 8.78 Å². The molecule has 1 aliphatic heterocycles. The van der Waals surface area contributed by atoms with E-state index in [2.05, 4.69) is 46.1 Å². The third-order valence-corrected chi connectivity index (χ3v) is 5.69. The monoisotopic (exact) mass is 417 g/mol. The minimum Gasteiger partial charge on any atom is -0.293 e. The molecule has 1 aromatic carbocycles. The third kappa shape index (κ3) is 3.61. The first-order valence-corrected chi connectivity index (χ1v) is 10.2. The van der Waals surface area contributed by atoms with Crippen molar-refractivity contribution in [3.63, 3.8) is 0 Å². The van der Waals surface area contributed by atoms with Crippen molar-refractivity contribution in [3.05, 3.63) is 72.1 Å². The van der Waals surface area contributed by atoms with Gasteiger partial charge >= 0.3 is 0 Å². The Morgan fingerprint density at radius 3 is 2.65 bits per heavy atom. The summed E-state index contributed by atoms with van der Waals surface area (Å²) in [6, 6.07) is 10.1. The SMILES string of the molecule is CC(C)N1CC=C(c2cnc3ccc(-c4c[nH]nc4-c4ccc(F)c(F)c4)nc3c2)C1. The number of aromatic nitrogens is 4. The molecule has 5 nitrogen and oxygen atoms in total. The number of hydrogen-bond donors (Lipinski definition) is 1. The molecule has 0 saturated heterocycles. The Bertz CT molecular complexity index is 1310. The highest BCUT2D eigenvalue weighted by Gasteiger charge is 2.19. The number of halogens is 2. The molecule has 5 rings (SSSR count). The van der Waals surface area contributed by atoms with Crippen molar-refractivity contribution in [2.24, 2.45) is 0 Å². The largest absolute Gasteiger partial charge is 0.293 e. The molecule has 4 aromatic rings. The van der Waals surface area contributed by atoms with Crippen LogP contribution in [0.4, 0.5) is 8.78 Å². The van der Waals surface area contributed by atoms with Crippen molar-refractivity contribution >= 4 is 16.6 Å². The molecule has 156 valence electrons. The molecule has 3 aromatic heterocycles. The Balaban J connectivity index is 1.52. The summed E-state index contributed by atoms with van der Waals surface area (Å²) in [5, 5.41) is 7.05. The first-order valence-electron chi connectivity index (χ1n) is 10.2. The average Bonchev–Trinajstić information content (AvgIpc) is 3.45. The predicted molar refractivity (Wildman–Crippen MR) is 117 cm³/mol. The van der Waals surface area contributed by atoms with E-state index in [1.54, 1.807) is 6.20 Å². The smallest absolute Gasteiger partial charge is 0.159 e. The maximum atomic E-state index is 13.7. The molecule has 1 N–H and O–H groups in total. The van der Waals surface area contributed by atoms with Crippen LogP contribution in [0, 0.1) is 11.6 Å². The number of nitrogens with one attached hydrogen (secondary N) is 1. The first-order chi connectivity index (χ1) is 15.0. The number of H-pyrrole nitrogens is 1. The van der Waals surface area contributed by atoms with Crippen LogP contribution in [-0.4, -0.2) is 44.2 Å². The quantitative estimate of drug-likeness (QED) is 0.504. The molecule has 0 fully saturated rings. The Morgan fingerprint density at radius 1 is 1.00 bits per heavy atom. The number of nitrogens with zero attached hydrogens (tertiary/aromatic N) is 4. The van der Waals surface area contributed by atoms with E-state index >= 15 is 0 Å². The van der Waals surface area contributed by atoms with Crippen molar-refractivity contribution in [3.8, 4) is 22.5 Å². The molecule has 0 aliphatic carbocycles. The Labute approximate surface area is 178 Å². The van der Waals surface area contributed by atoms with E-state index in [1.165, 1.54) is 11.6 Å². The van der Waals surface area contributed by atoms with Gasteiger partial charge in [0.25, 0.3) is 0 Å². The van der Waals surface area contributed by atoms with Gasteiger partial charge in [-0.1, -0.05) is 6.08 Å². The van der Waals surface area contributed by atoms with E-state index in [1.807, 2.05) is 18.3 Å². The van der Waals surface area contributed by atoms with Crippen molar-refractivity contribution in [2.75, 3.05) is 13.1 Å². The van der Waals surface area contributed by atoms with Gasteiger partial charge in [0, 0.05) is 42.7 Å². The second-order valence-electron chi connectivity index (χ2n) is 7.99. The third-order valence-electron chi connectivity index (χ3n) is 5.69.